The second-order valence-corrected chi connectivity index (χ2v) is 7.60. The Bertz CT molecular complexity index is 498. The lowest BCUT2D eigenvalue weighted by Crippen LogP contribution is -2.47. The number of carbonyl (C=O) groups excluding carboxylic acids is 2. The smallest absolute Gasteiger partial charge is 0.319 e. The minimum Gasteiger partial charge on any atom is -0.393 e. The Labute approximate surface area is 131 Å². The molecular formula is C9H2Cl6O3. The van der Waals surface area contributed by atoms with Gasteiger partial charge in [-0.3, -0.25) is 9.59 Å². The molecule has 1 saturated carbocycles. The minimum atomic E-state index is -1.89. The number of cyclic esters (lactones) is 2. The Morgan fingerprint density at radius 2 is 1.17 bits per heavy atom. The van der Waals surface area contributed by atoms with Crippen molar-refractivity contribution in [1.29, 1.82) is 0 Å². The third-order valence-corrected chi connectivity index (χ3v) is 7.90. The van der Waals surface area contributed by atoms with Crippen molar-refractivity contribution in [2.45, 2.75) is 14.1 Å². The van der Waals surface area contributed by atoms with Crippen LogP contribution in [-0.4, -0.2) is 26.0 Å². The SMILES string of the molecule is O=C1OC(=O)[C@H]2[C@@H]1C1(Cl)C(Cl)=C(Cl)C2(Cl)C1(Cl)Cl. The van der Waals surface area contributed by atoms with Crippen LogP contribution in [0.25, 0.3) is 0 Å². The summed E-state index contributed by atoms with van der Waals surface area (Å²) in [6, 6.07) is 0. The van der Waals surface area contributed by atoms with Gasteiger partial charge in [0.05, 0.1) is 10.1 Å². The van der Waals surface area contributed by atoms with E-state index in [1.54, 1.807) is 0 Å². The summed E-state index contributed by atoms with van der Waals surface area (Å²) in [5.74, 6) is -3.99. The fourth-order valence-corrected chi connectivity index (χ4v) is 5.73. The van der Waals surface area contributed by atoms with Gasteiger partial charge in [-0.25, -0.2) is 0 Å². The Morgan fingerprint density at radius 1 is 0.833 bits per heavy atom. The Balaban J connectivity index is 2.37. The summed E-state index contributed by atoms with van der Waals surface area (Å²) in [7, 11) is 0. The molecule has 0 aromatic carbocycles. The second kappa shape index (κ2) is 3.44. The molecular weight excluding hydrogens is 369 g/mol. The first kappa shape index (κ1) is 13.6. The summed E-state index contributed by atoms with van der Waals surface area (Å²) in [4.78, 5) is 19.9. The maximum absolute atomic E-state index is 11.7. The van der Waals surface area contributed by atoms with Crippen LogP contribution in [0.5, 0.6) is 0 Å². The highest BCUT2D eigenvalue weighted by Crippen LogP contribution is 2.77. The molecule has 3 aliphatic rings. The van der Waals surface area contributed by atoms with E-state index in [1.807, 2.05) is 0 Å². The summed E-state index contributed by atoms with van der Waals surface area (Å²) in [5, 5.41) is -0.252. The van der Waals surface area contributed by atoms with Gasteiger partial charge in [0.25, 0.3) is 0 Å². The van der Waals surface area contributed by atoms with Crippen molar-refractivity contribution in [3.63, 3.8) is 0 Å². The van der Waals surface area contributed by atoms with Crippen LogP contribution >= 0.6 is 69.6 Å². The molecule has 1 heterocycles. The standard InChI is InChI=1S/C9H2Cl6O3/c10-3-4(11)8(13)2-1(5(16)18-6(2)17)7(3,12)9(8,14)15/h1-2H/t1-,2+,7?,8?. The summed E-state index contributed by atoms with van der Waals surface area (Å²) < 4.78 is 2.63. The molecule has 0 spiro atoms. The zero-order valence-electron chi connectivity index (χ0n) is 8.15. The fourth-order valence-electron chi connectivity index (χ4n) is 2.81. The lowest BCUT2D eigenvalue weighted by atomic mass is 9.84. The van der Waals surface area contributed by atoms with E-state index in [4.69, 9.17) is 69.6 Å². The van der Waals surface area contributed by atoms with Gasteiger partial charge < -0.3 is 4.74 Å². The third kappa shape index (κ3) is 1.03. The molecule has 2 unspecified atom stereocenters. The van der Waals surface area contributed by atoms with Gasteiger partial charge in [-0.2, -0.15) is 0 Å². The van der Waals surface area contributed by atoms with Crippen LogP contribution in [0.3, 0.4) is 0 Å². The van der Waals surface area contributed by atoms with Crippen molar-refractivity contribution in [3.8, 4) is 0 Å². The highest BCUT2D eigenvalue weighted by atomic mass is 35.5. The first-order chi connectivity index (χ1) is 8.11. The van der Waals surface area contributed by atoms with Crippen LogP contribution in [0.2, 0.25) is 0 Å². The van der Waals surface area contributed by atoms with Crippen LogP contribution in [-0.2, 0) is 14.3 Å². The molecule has 1 saturated heterocycles. The first-order valence-corrected chi connectivity index (χ1v) is 6.96. The van der Waals surface area contributed by atoms with Gasteiger partial charge in [-0.05, 0) is 0 Å². The minimum absolute atomic E-state index is 0.126. The highest BCUT2D eigenvalue weighted by molar-refractivity contribution is 6.66. The zero-order valence-corrected chi connectivity index (χ0v) is 12.7. The number of allylic oxidation sites excluding steroid dienone is 2. The molecule has 98 valence electrons. The van der Waals surface area contributed by atoms with Crippen molar-refractivity contribution in [3.05, 3.63) is 10.1 Å². The van der Waals surface area contributed by atoms with Crippen molar-refractivity contribution < 1.29 is 14.3 Å². The number of esters is 2. The predicted octanol–water partition coefficient (Wildman–Crippen LogP) is 3.15. The number of fused-ring (bicyclic) bond motifs is 5. The lowest BCUT2D eigenvalue weighted by molar-refractivity contribution is -0.154. The van der Waals surface area contributed by atoms with E-state index in [2.05, 4.69) is 4.74 Å². The number of rotatable bonds is 0. The van der Waals surface area contributed by atoms with Gasteiger partial charge in [0, 0.05) is 0 Å². The van der Waals surface area contributed by atoms with Gasteiger partial charge in [-0.1, -0.05) is 46.4 Å². The normalized spacial score (nSPS) is 48.8. The molecule has 2 aliphatic carbocycles. The van der Waals surface area contributed by atoms with E-state index < -0.39 is 37.9 Å². The molecule has 2 bridgehead atoms. The second-order valence-electron chi connectivity index (χ2n) is 4.32. The van der Waals surface area contributed by atoms with Gasteiger partial charge in [-0.15, -0.1) is 23.2 Å². The predicted molar refractivity (Wildman–Crippen MR) is 68.4 cm³/mol. The van der Waals surface area contributed by atoms with Crippen molar-refractivity contribution in [2.75, 3.05) is 0 Å². The number of hydrogen-bond donors (Lipinski definition) is 0. The topological polar surface area (TPSA) is 43.4 Å². The first-order valence-electron chi connectivity index (χ1n) is 4.69. The van der Waals surface area contributed by atoms with E-state index >= 15 is 0 Å². The fraction of sp³-hybridized carbons (Fsp3) is 0.556. The summed E-state index contributed by atoms with van der Waals surface area (Å²) in [6.45, 7) is 0. The maximum atomic E-state index is 11.7. The monoisotopic (exact) mass is 368 g/mol. The molecule has 0 aromatic rings. The van der Waals surface area contributed by atoms with Crippen LogP contribution in [0.4, 0.5) is 0 Å². The average molecular weight is 371 g/mol. The number of hydrogen-bond acceptors (Lipinski definition) is 3. The molecule has 9 heteroatoms. The molecule has 0 N–H and O–H groups in total. The largest absolute Gasteiger partial charge is 0.393 e. The number of alkyl halides is 4. The van der Waals surface area contributed by atoms with E-state index in [0.717, 1.165) is 0 Å². The van der Waals surface area contributed by atoms with Gasteiger partial charge in [0.2, 0.25) is 0 Å². The molecule has 4 atom stereocenters. The zero-order chi connectivity index (χ0) is 13.7. The number of halogens is 6. The summed E-state index contributed by atoms with van der Waals surface area (Å²) in [5.41, 5.74) is 0. The molecule has 1 aliphatic heterocycles. The molecule has 0 radical (unpaired) electrons. The van der Waals surface area contributed by atoms with Gasteiger partial charge in [0.1, 0.15) is 21.6 Å². The summed E-state index contributed by atoms with van der Waals surface area (Å²) in [6.07, 6.45) is 0. The van der Waals surface area contributed by atoms with Crippen LogP contribution in [0, 0.1) is 11.8 Å². The van der Waals surface area contributed by atoms with Crippen LogP contribution < -0.4 is 0 Å². The maximum Gasteiger partial charge on any atom is 0.319 e. The summed E-state index contributed by atoms with van der Waals surface area (Å²) >= 11 is 36.9. The molecule has 18 heavy (non-hydrogen) atoms. The van der Waals surface area contributed by atoms with Crippen molar-refractivity contribution in [2.24, 2.45) is 11.8 Å². The van der Waals surface area contributed by atoms with E-state index in [9.17, 15) is 9.59 Å². The molecule has 3 rings (SSSR count). The number of ether oxygens (including phenoxy) is 1. The van der Waals surface area contributed by atoms with Crippen molar-refractivity contribution in [1.82, 2.24) is 0 Å². The molecule has 0 amide bonds. The molecule has 3 nitrogen and oxygen atoms in total. The lowest BCUT2D eigenvalue weighted by Gasteiger charge is -2.32. The molecule has 2 fully saturated rings. The van der Waals surface area contributed by atoms with Crippen molar-refractivity contribution >= 4 is 81.5 Å². The van der Waals surface area contributed by atoms with Gasteiger partial charge in [0.15, 0.2) is 4.33 Å². The Morgan fingerprint density at radius 3 is 1.50 bits per heavy atom. The Kier molecular flexibility index (Phi) is 2.60. The average Bonchev–Trinajstić information content (AvgIpc) is 2.68. The highest BCUT2D eigenvalue weighted by Gasteiger charge is 2.87. The van der Waals surface area contributed by atoms with E-state index in [0.29, 0.717) is 0 Å². The quantitative estimate of drug-likeness (QED) is 0.374. The molecule has 0 aromatic heterocycles. The third-order valence-electron chi connectivity index (χ3n) is 3.64. The van der Waals surface area contributed by atoms with Crippen LogP contribution in [0.15, 0.2) is 10.1 Å². The van der Waals surface area contributed by atoms with E-state index in [-0.39, 0.29) is 10.1 Å². The van der Waals surface area contributed by atoms with Crippen LogP contribution in [0.1, 0.15) is 0 Å². The van der Waals surface area contributed by atoms with Gasteiger partial charge >= 0.3 is 11.9 Å². The Hall–Kier alpha value is 0.620. The number of carbonyl (C=O) groups is 2. The van der Waals surface area contributed by atoms with E-state index in [1.165, 1.54) is 0 Å².